The Bertz CT molecular complexity index is 513. The fourth-order valence-electron chi connectivity index (χ4n) is 2.36. The molecule has 1 rings (SSSR count). The molecule has 0 atom stereocenters. The first kappa shape index (κ1) is 21.2. The number of carbonyl (C=O) groups is 2. The van der Waals surface area contributed by atoms with E-state index in [1.165, 1.54) is 0 Å². The zero-order valence-corrected chi connectivity index (χ0v) is 15.8. The smallest absolute Gasteiger partial charge is 0.307 e. The first-order valence-corrected chi connectivity index (χ1v) is 9.17. The highest BCUT2D eigenvalue weighted by Crippen LogP contribution is 2.09. The average molecular weight is 349 g/mol. The number of amides is 1. The summed E-state index contributed by atoms with van der Waals surface area (Å²) in [5.74, 6) is -0.332. The molecule has 0 radical (unpaired) electrons. The number of hydrogen-bond donors (Lipinski definition) is 0. The Morgan fingerprint density at radius 2 is 1.68 bits per heavy atom. The minimum absolute atomic E-state index is 0.0575. The van der Waals surface area contributed by atoms with E-state index in [9.17, 15) is 9.59 Å². The number of unbranched alkanes of at least 4 members (excludes halogenated alkanes) is 1. The second-order valence-corrected chi connectivity index (χ2v) is 6.03. The predicted molar refractivity (Wildman–Crippen MR) is 98.7 cm³/mol. The molecule has 5 nitrogen and oxygen atoms in total. The van der Waals surface area contributed by atoms with E-state index in [0.717, 1.165) is 31.4 Å². The molecular weight excluding hydrogens is 318 g/mol. The number of carbonyl (C=O) groups excluding carboxylic acids is 2. The third-order valence-electron chi connectivity index (χ3n) is 3.84. The highest BCUT2D eigenvalue weighted by molar-refractivity contribution is 5.94. The molecule has 0 aliphatic carbocycles. The maximum absolute atomic E-state index is 12.7. The Balaban J connectivity index is 2.58. The van der Waals surface area contributed by atoms with Crippen molar-refractivity contribution in [3.05, 3.63) is 35.4 Å². The first-order chi connectivity index (χ1) is 12.1. The molecule has 5 heteroatoms. The van der Waals surface area contributed by atoms with Crippen LogP contribution in [0.15, 0.2) is 24.3 Å². The van der Waals surface area contributed by atoms with Gasteiger partial charge < -0.3 is 14.4 Å². The predicted octanol–water partition coefficient (Wildman–Crippen LogP) is 3.60. The van der Waals surface area contributed by atoms with E-state index in [1.54, 1.807) is 11.8 Å². The lowest BCUT2D eigenvalue weighted by Crippen LogP contribution is -2.34. The van der Waals surface area contributed by atoms with Gasteiger partial charge in [0, 0.05) is 31.9 Å². The molecule has 0 aliphatic rings. The van der Waals surface area contributed by atoms with Crippen molar-refractivity contribution in [2.75, 3.05) is 32.9 Å². The van der Waals surface area contributed by atoms with Crippen LogP contribution in [0.1, 0.15) is 55.5 Å². The zero-order valence-electron chi connectivity index (χ0n) is 15.8. The second kappa shape index (κ2) is 12.5. The number of esters is 1. The summed E-state index contributed by atoms with van der Waals surface area (Å²) in [6.07, 6.45) is 3.12. The number of ether oxygens (including phenoxy) is 2. The zero-order chi connectivity index (χ0) is 18.5. The highest BCUT2D eigenvalue weighted by atomic mass is 16.5. The largest absolute Gasteiger partial charge is 0.466 e. The number of benzene rings is 1. The van der Waals surface area contributed by atoms with Crippen LogP contribution < -0.4 is 0 Å². The van der Waals surface area contributed by atoms with Crippen LogP contribution in [0.25, 0.3) is 0 Å². The van der Waals surface area contributed by atoms with Gasteiger partial charge in [-0.15, -0.1) is 0 Å². The van der Waals surface area contributed by atoms with Crippen LogP contribution in [0.4, 0.5) is 0 Å². The average Bonchev–Trinajstić information content (AvgIpc) is 2.61. The SMILES string of the molecule is CCCCOCCCN(CCC(=O)OCC)C(=O)c1ccc(C)cc1. The summed E-state index contributed by atoms with van der Waals surface area (Å²) in [5, 5.41) is 0. The minimum atomic E-state index is -0.275. The normalized spacial score (nSPS) is 10.5. The van der Waals surface area contributed by atoms with Crippen molar-refractivity contribution in [3.63, 3.8) is 0 Å². The fraction of sp³-hybridized carbons (Fsp3) is 0.600. The van der Waals surface area contributed by atoms with E-state index < -0.39 is 0 Å². The highest BCUT2D eigenvalue weighted by Gasteiger charge is 2.17. The van der Waals surface area contributed by atoms with E-state index in [2.05, 4.69) is 6.92 Å². The Kier molecular flexibility index (Phi) is 10.6. The Hall–Kier alpha value is -1.88. The quantitative estimate of drug-likeness (QED) is 0.427. The van der Waals surface area contributed by atoms with Crippen molar-refractivity contribution >= 4 is 11.9 Å². The van der Waals surface area contributed by atoms with Crippen LogP contribution in [-0.2, 0) is 14.3 Å². The van der Waals surface area contributed by atoms with Gasteiger partial charge in [0.2, 0.25) is 0 Å². The number of nitrogens with zero attached hydrogens (tertiary/aromatic N) is 1. The third kappa shape index (κ3) is 8.68. The Morgan fingerprint density at radius 1 is 1.00 bits per heavy atom. The van der Waals surface area contributed by atoms with Gasteiger partial charge in [0.1, 0.15) is 0 Å². The molecule has 0 bridgehead atoms. The topological polar surface area (TPSA) is 55.8 Å². The molecule has 1 amide bonds. The standard InChI is InChI=1S/C20H31NO4/c1-4-6-15-24-16-7-13-21(14-12-19(22)25-5-2)20(23)18-10-8-17(3)9-11-18/h8-11H,4-7,12-16H2,1-3H3. The molecule has 0 heterocycles. The van der Waals surface area contributed by atoms with Gasteiger partial charge in [-0.2, -0.15) is 0 Å². The van der Waals surface area contributed by atoms with Gasteiger partial charge >= 0.3 is 5.97 Å². The van der Waals surface area contributed by atoms with E-state index >= 15 is 0 Å². The molecule has 0 fully saturated rings. The summed E-state index contributed by atoms with van der Waals surface area (Å²) >= 11 is 0. The van der Waals surface area contributed by atoms with Crippen LogP contribution in [0, 0.1) is 6.92 Å². The van der Waals surface area contributed by atoms with Crippen LogP contribution in [0.5, 0.6) is 0 Å². The number of aryl methyl sites for hydroxylation is 1. The molecule has 0 spiro atoms. The van der Waals surface area contributed by atoms with Crippen molar-refractivity contribution in [2.45, 2.75) is 46.5 Å². The van der Waals surface area contributed by atoms with Crippen molar-refractivity contribution in [1.82, 2.24) is 4.90 Å². The molecule has 0 unspecified atom stereocenters. The van der Waals surface area contributed by atoms with Gasteiger partial charge in [0.05, 0.1) is 13.0 Å². The van der Waals surface area contributed by atoms with Gasteiger partial charge in [0.25, 0.3) is 5.91 Å². The van der Waals surface area contributed by atoms with Crippen molar-refractivity contribution in [3.8, 4) is 0 Å². The molecule has 140 valence electrons. The summed E-state index contributed by atoms with van der Waals surface area (Å²) < 4.78 is 10.5. The van der Waals surface area contributed by atoms with E-state index in [1.807, 2.05) is 31.2 Å². The van der Waals surface area contributed by atoms with Gasteiger partial charge in [-0.1, -0.05) is 31.0 Å². The lowest BCUT2D eigenvalue weighted by Gasteiger charge is -2.22. The monoisotopic (exact) mass is 349 g/mol. The minimum Gasteiger partial charge on any atom is -0.466 e. The molecule has 1 aromatic carbocycles. The van der Waals surface area contributed by atoms with Crippen LogP contribution in [0.2, 0.25) is 0 Å². The van der Waals surface area contributed by atoms with Crippen molar-refractivity contribution in [2.24, 2.45) is 0 Å². The summed E-state index contributed by atoms with van der Waals surface area (Å²) in [5.41, 5.74) is 1.75. The second-order valence-electron chi connectivity index (χ2n) is 6.03. The van der Waals surface area contributed by atoms with Crippen LogP contribution in [-0.4, -0.2) is 49.7 Å². The van der Waals surface area contributed by atoms with Gasteiger partial charge in [-0.25, -0.2) is 0 Å². The van der Waals surface area contributed by atoms with Crippen LogP contribution in [0.3, 0.4) is 0 Å². The van der Waals surface area contributed by atoms with E-state index in [-0.39, 0.29) is 18.3 Å². The van der Waals surface area contributed by atoms with Gasteiger partial charge in [-0.05, 0) is 38.8 Å². The summed E-state index contributed by atoms with van der Waals surface area (Å²) in [6, 6.07) is 7.49. The van der Waals surface area contributed by atoms with E-state index in [4.69, 9.17) is 9.47 Å². The molecule has 0 saturated carbocycles. The third-order valence-corrected chi connectivity index (χ3v) is 3.84. The molecule has 0 aliphatic heterocycles. The van der Waals surface area contributed by atoms with Gasteiger partial charge in [-0.3, -0.25) is 9.59 Å². The summed E-state index contributed by atoms with van der Waals surface area (Å²) in [6.45, 7) is 8.55. The molecule has 0 aromatic heterocycles. The van der Waals surface area contributed by atoms with Crippen molar-refractivity contribution < 1.29 is 19.1 Å². The van der Waals surface area contributed by atoms with Crippen LogP contribution >= 0.6 is 0 Å². The number of hydrogen-bond acceptors (Lipinski definition) is 4. The Morgan fingerprint density at radius 3 is 2.32 bits per heavy atom. The van der Waals surface area contributed by atoms with Crippen molar-refractivity contribution in [1.29, 1.82) is 0 Å². The maximum atomic E-state index is 12.7. The summed E-state index contributed by atoms with van der Waals surface area (Å²) in [4.78, 5) is 26.1. The molecular formula is C20H31NO4. The summed E-state index contributed by atoms with van der Waals surface area (Å²) in [7, 11) is 0. The lowest BCUT2D eigenvalue weighted by molar-refractivity contribution is -0.143. The Labute approximate surface area is 151 Å². The fourth-order valence-corrected chi connectivity index (χ4v) is 2.36. The van der Waals surface area contributed by atoms with E-state index in [0.29, 0.717) is 31.9 Å². The lowest BCUT2D eigenvalue weighted by atomic mass is 10.1. The molecule has 1 aromatic rings. The maximum Gasteiger partial charge on any atom is 0.307 e. The molecule has 25 heavy (non-hydrogen) atoms. The molecule has 0 N–H and O–H groups in total. The van der Waals surface area contributed by atoms with Gasteiger partial charge in [0.15, 0.2) is 0 Å². The molecule has 0 saturated heterocycles. The first-order valence-electron chi connectivity index (χ1n) is 9.17. The number of rotatable bonds is 12.